The number of imidazole rings is 1. The highest BCUT2D eigenvalue weighted by molar-refractivity contribution is 5.21. The molecular formula is C14H18N4. The third-order valence-electron chi connectivity index (χ3n) is 3.49. The fraction of sp³-hybridized carbons (Fsp3) is 0.357. The van der Waals surface area contributed by atoms with Crippen molar-refractivity contribution in [2.45, 2.75) is 19.1 Å². The van der Waals surface area contributed by atoms with Gasteiger partial charge in [0.1, 0.15) is 0 Å². The number of fused-ring (bicyclic) bond motifs is 1. The van der Waals surface area contributed by atoms with E-state index in [-0.39, 0.29) is 6.04 Å². The zero-order valence-electron chi connectivity index (χ0n) is 10.6. The molecule has 4 heteroatoms. The maximum Gasteiger partial charge on any atom is 0.0950 e. The van der Waals surface area contributed by atoms with E-state index in [9.17, 15) is 0 Å². The molecular weight excluding hydrogens is 224 g/mol. The minimum absolute atomic E-state index is 0.0602. The van der Waals surface area contributed by atoms with Crippen LogP contribution in [0.5, 0.6) is 0 Å². The van der Waals surface area contributed by atoms with Crippen LogP contribution in [0.3, 0.4) is 0 Å². The first-order valence-electron chi connectivity index (χ1n) is 6.26. The van der Waals surface area contributed by atoms with Crippen LogP contribution < -0.4 is 5.73 Å². The van der Waals surface area contributed by atoms with Crippen molar-refractivity contribution in [3.05, 3.63) is 53.6 Å². The minimum atomic E-state index is 0.0602. The zero-order valence-corrected chi connectivity index (χ0v) is 10.6. The number of hydrogen-bond donors (Lipinski definition) is 1. The highest BCUT2D eigenvalue weighted by Crippen LogP contribution is 2.24. The molecule has 1 aromatic carbocycles. The Morgan fingerprint density at radius 3 is 2.89 bits per heavy atom. The van der Waals surface area contributed by atoms with Gasteiger partial charge in [0.05, 0.1) is 23.8 Å². The standard InChI is InChI=1S/C14H18N4/c1-17-10-16-13-9-18(8-12(15)14(13)17)7-11-5-3-2-4-6-11/h2-6,10,12H,7-9,15H2,1H3/t12-/m0/s1. The van der Waals surface area contributed by atoms with E-state index in [0.717, 1.165) is 25.3 Å². The molecule has 0 amide bonds. The normalized spacial score (nSPS) is 19.8. The molecule has 1 aromatic heterocycles. The Morgan fingerprint density at radius 2 is 2.11 bits per heavy atom. The second kappa shape index (κ2) is 4.55. The fourth-order valence-corrected chi connectivity index (χ4v) is 2.69. The van der Waals surface area contributed by atoms with Crippen molar-refractivity contribution in [3.63, 3.8) is 0 Å². The highest BCUT2D eigenvalue weighted by Gasteiger charge is 2.26. The molecule has 0 spiro atoms. The fourth-order valence-electron chi connectivity index (χ4n) is 2.69. The van der Waals surface area contributed by atoms with Crippen molar-refractivity contribution < 1.29 is 0 Å². The second-order valence-electron chi connectivity index (χ2n) is 4.95. The summed E-state index contributed by atoms with van der Waals surface area (Å²) < 4.78 is 2.04. The maximum absolute atomic E-state index is 6.23. The lowest BCUT2D eigenvalue weighted by Crippen LogP contribution is -2.37. The van der Waals surface area contributed by atoms with Gasteiger partial charge in [-0.1, -0.05) is 30.3 Å². The molecule has 4 nitrogen and oxygen atoms in total. The van der Waals surface area contributed by atoms with Gasteiger partial charge >= 0.3 is 0 Å². The Kier molecular flexibility index (Phi) is 2.89. The first-order chi connectivity index (χ1) is 8.74. The Labute approximate surface area is 107 Å². The Balaban J connectivity index is 1.78. The van der Waals surface area contributed by atoms with E-state index >= 15 is 0 Å². The van der Waals surface area contributed by atoms with E-state index in [1.165, 1.54) is 11.3 Å². The van der Waals surface area contributed by atoms with E-state index in [0.29, 0.717) is 0 Å². The average Bonchev–Trinajstić information content (AvgIpc) is 2.72. The van der Waals surface area contributed by atoms with Gasteiger partial charge < -0.3 is 10.3 Å². The summed E-state index contributed by atoms with van der Waals surface area (Å²) in [5.74, 6) is 0. The molecule has 94 valence electrons. The van der Waals surface area contributed by atoms with Gasteiger partial charge in [0.25, 0.3) is 0 Å². The van der Waals surface area contributed by atoms with Crippen LogP contribution in [0.1, 0.15) is 23.0 Å². The van der Waals surface area contributed by atoms with E-state index in [2.05, 4.69) is 34.1 Å². The number of nitrogens with zero attached hydrogens (tertiary/aromatic N) is 3. The number of rotatable bonds is 2. The molecule has 1 aliphatic heterocycles. The first-order valence-corrected chi connectivity index (χ1v) is 6.26. The molecule has 2 aromatic rings. The number of aryl methyl sites for hydroxylation is 1. The van der Waals surface area contributed by atoms with E-state index < -0.39 is 0 Å². The summed E-state index contributed by atoms with van der Waals surface area (Å²) in [4.78, 5) is 6.80. The molecule has 2 heterocycles. The number of hydrogen-bond acceptors (Lipinski definition) is 3. The monoisotopic (exact) mass is 242 g/mol. The zero-order chi connectivity index (χ0) is 12.5. The summed E-state index contributed by atoms with van der Waals surface area (Å²) in [6.45, 7) is 2.71. The lowest BCUT2D eigenvalue weighted by Gasteiger charge is -2.30. The third kappa shape index (κ3) is 2.05. The Hall–Kier alpha value is -1.65. The summed E-state index contributed by atoms with van der Waals surface area (Å²) >= 11 is 0. The van der Waals surface area contributed by atoms with Crippen molar-refractivity contribution in [1.29, 1.82) is 0 Å². The van der Waals surface area contributed by atoms with Crippen molar-refractivity contribution in [2.75, 3.05) is 6.54 Å². The lowest BCUT2D eigenvalue weighted by atomic mass is 10.1. The predicted octanol–water partition coefficient (Wildman–Crippen LogP) is 1.44. The van der Waals surface area contributed by atoms with Crippen molar-refractivity contribution in [3.8, 4) is 0 Å². The average molecular weight is 242 g/mol. The van der Waals surface area contributed by atoms with Crippen molar-refractivity contribution >= 4 is 0 Å². The van der Waals surface area contributed by atoms with Crippen LogP contribution in [0, 0.1) is 0 Å². The topological polar surface area (TPSA) is 47.1 Å². The van der Waals surface area contributed by atoms with Gasteiger partial charge in [-0.05, 0) is 5.56 Å². The molecule has 3 rings (SSSR count). The minimum Gasteiger partial charge on any atom is -0.336 e. The first kappa shape index (κ1) is 11.4. The molecule has 1 atom stereocenters. The summed E-state index contributed by atoms with van der Waals surface area (Å²) in [5, 5.41) is 0. The molecule has 18 heavy (non-hydrogen) atoms. The van der Waals surface area contributed by atoms with Gasteiger partial charge in [-0.25, -0.2) is 4.98 Å². The summed E-state index contributed by atoms with van der Waals surface area (Å²) in [6.07, 6.45) is 1.86. The van der Waals surface area contributed by atoms with Gasteiger partial charge in [0.15, 0.2) is 0 Å². The van der Waals surface area contributed by atoms with Crippen molar-refractivity contribution in [1.82, 2.24) is 14.5 Å². The van der Waals surface area contributed by atoms with Crippen LogP contribution in [0.2, 0.25) is 0 Å². The van der Waals surface area contributed by atoms with Gasteiger partial charge in [0.2, 0.25) is 0 Å². The summed E-state index contributed by atoms with van der Waals surface area (Å²) in [7, 11) is 2.01. The van der Waals surface area contributed by atoms with E-state index in [1.54, 1.807) is 0 Å². The number of aromatic nitrogens is 2. The predicted molar refractivity (Wildman–Crippen MR) is 70.7 cm³/mol. The molecule has 0 bridgehead atoms. The smallest absolute Gasteiger partial charge is 0.0950 e. The molecule has 0 fully saturated rings. The van der Waals surface area contributed by atoms with Crippen LogP contribution in [0.4, 0.5) is 0 Å². The SMILES string of the molecule is Cn1cnc2c1[C@@H](N)CN(Cc1ccccc1)C2. The maximum atomic E-state index is 6.23. The number of benzene rings is 1. The molecule has 0 saturated heterocycles. The van der Waals surface area contributed by atoms with Crippen LogP contribution >= 0.6 is 0 Å². The largest absolute Gasteiger partial charge is 0.336 e. The van der Waals surface area contributed by atoms with Crippen molar-refractivity contribution in [2.24, 2.45) is 12.8 Å². The summed E-state index contributed by atoms with van der Waals surface area (Å²) in [6, 6.07) is 10.6. The molecule has 0 unspecified atom stereocenters. The Morgan fingerprint density at radius 1 is 1.33 bits per heavy atom. The molecule has 1 aliphatic rings. The quantitative estimate of drug-likeness (QED) is 0.866. The van der Waals surface area contributed by atoms with Crippen LogP contribution in [-0.4, -0.2) is 21.0 Å². The third-order valence-corrected chi connectivity index (χ3v) is 3.49. The van der Waals surface area contributed by atoms with E-state index in [1.807, 2.05) is 24.0 Å². The Bertz CT molecular complexity index is 532. The van der Waals surface area contributed by atoms with Gasteiger partial charge in [0, 0.05) is 26.7 Å². The molecule has 2 N–H and O–H groups in total. The van der Waals surface area contributed by atoms with E-state index in [4.69, 9.17) is 5.73 Å². The molecule has 0 saturated carbocycles. The van der Waals surface area contributed by atoms with Crippen LogP contribution in [0.15, 0.2) is 36.7 Å². The van der Waals surface area contributed by atoms with Gasteiger partial charge in [-0.3, -0.25) is 4.90 Å². The van der Waals surface area contributed by atoms with Gasteiger partial charge in [-0.15, -0.1) is 0 Å². The van der Waals surface area contributed by atoms with Crippen LogP contribution in [-0.2, 0) is 20.1 Å². The highest BCUT2D eigenvalue weighted by atomic mass is 15.2. The number of nitrogens with two attached hydrogens (primary N) is 1. The van der Waals surface area contributed by atoms with Gasteiger partial charge in [-0.2, -0.15) is 0 Å². The molecule has 0 aliphatic carbocycles. The molecule has 0 radical (unpaired) electrons. The van der Waals surface area contributed by atoms with Crippen LogP contribution in [0.25, 0.3) is 0 Å². The second-order valence-corrected chi connectivity index (χ2v) is 4.95. The summed E-state index contributed by atoms with van der Waals surface area (Å²) in [5.41, 5.74) is 9.85. The lowest BCUT2D eigenvalue weighted by molar-refractivity contribution is 0.217.